The lowest BCUT2D eigenvalue weighted by atomic mass is 10.2. The summed E-state index contributed by atoms with van der Waals surface area (Å²) >= 11 is 1.42. The van der Waals surface area contributed by atoms with Gasteiger partial charge in [-0.15, -0.1) is 0 Å². The second-order valence-electron chi connectivity index (χ2n) is 5.10. The van der Waals surface area contributed by atoms with E-state index in [-0.39, 0.29) is 11.2 Å². The summed E-state index contributed by atoms with van der Waals surface area (Å²) in [5.74, 6) is -0.0296. The van der Waals surface area contributed by atoms with Crippen molar-refractivity contribution in [1.29, 1.82) is 0 Å². The van der Waals surface area contributed by atoms with Crippen LogP contribution in [0.1, 0.15) is 18.9 Å². The predicted octanol–water partition coefficient (Wildman–Crippen LogP) is 3.17. The van der Waals surface area contributed by atoms with Crippen molar-refractivity contribution in [2.75, 3.05) is 5.32 Å². The van der Waals surface area contributed by atoms with Crippen LogP contribution in [0.3, 0.4) is 0 Å². The Morgan fingerprint density at radius 2 is 2.13 bits per heavy atom. The SMILES string of the molecule is CC[C@H](Sc1ncnc2nc[nH]c12)C(=O)Nc1ccccc1C. The maximum Gasteiger partial charge on any atom is 0.237 e. The van der Waals surface area contributed by atoms with Gasteiger partial charge in [-0.1, -0.05) is 36.9 Å². The summed E-state index contributed by atoms with van der Waals surface area (Å²) in [6.45, 7) is 3.96. The molecule has 3 aromatic rings. The fraction of sp³-hybridized carbons (Fsp3) is 0.250. The number of para-hydroxylation sites is 1. The summed E-state index contributed by atoms with van der Waals surface area (Å²) in [5.41, 5.74) is 3.25. The molecule has 0 aliphatic rings. The van der Waals surface area contributed by atoms with Gasteiger partial charge in [0.1, 0.15) is 16.9 Å². The Kier molecular flexibility index (Phi) is 4.57. The molecule has 2 aromatic heterocycles. The largest absolute Gasteiger partial charge is 0.341 e. The summed E-state index contributed by atoms with van der Waals surface area (Å²) in [4.78, 5) is 28.1. The van der Waals surface area contributed by atoms with Gasteiger partial charge in [0.25, 0.3) is 0 Å². The molecule has 0 aliphatic heterocycles. The third kappa shape index (κ3) is 3.34. The van der Waals surface area contributed by atoms with E-state index in [9.17, 15) is 4.79 Å². The molecule has 1 atom stereocenters. The van der Waals surface area contributed by atoms with Crippen LogP contribution < -0.4 is 5.32 Å². The van der Waals surface area contributed by atoms with Crippen LogP contribution in [-0.2, 0) is 4.79 Å². The van der Waals surface area contributed by atoms with E-state index in [1.807, 2.05) is 38.1 Å². The quantitative estimate of drug-likeness (QED) is 0.555. The molecule has 6 nitrogen and oxygen atoms in total. The molecular weight excluding hydrogens is 310 g/mol. The number of aryl methyl sites for hydroxylation is 1. The zero-order valence-corrected chi connectivity index (χ0v) is 13.7. The Labute approximate surface area is 138 Å². The second-order valence-corrected chi connectivity index (χ2v) is 6.29. The van der Waals surface area contributed by atoms with Crippen LogP contribution in [0.15, 0.2) is 41.9 Å². The van der Waals surface area contributed by atoms with Gasteiger partial charge in [0.15, 0.2) is 5.65 Å². The number of H-pyrrole nitrogens is 1. The van der Waals surface area contributed by atoms with E-state index in [2.05, 4.69) is 25.3 Å². The summed E-state index contributed by atoms with van der Waals surface area (Å²) in [5, 5.41) is 3.49. The predicted molar refractivity (Wildman–Crippen MR) is 91.4 cm³/mol. The first kappa shape index (κ1) is 15.5. The topological polar surface area (TPSA) is 83.6 Å². The molecule has 0 saturated carbocycles. The third-order valence-electron chi connectivity index (χ3n) is 3.51. The number of aromatic amines is 1. The van der Waals surface area contributed by atoms with Crippen molar-refractivity contribution in [3.05, 3.63) is 42.5 Å². The number of carbonyl (C=O) groups is 1. The fourth-order valence-electron chi connectivity index (χ4n) is 2.22. The number of amides is 1. The minimum atomic E-state index is -0.240. The lowest BCUT2D eigenvalue weighted by Crippen LogP contribution is -2.25. The molecule has 23 heavy (non-hydrogen) atoms. The van der Waals surface area contributed by atoms with Crippen molar-refractivity contribution in [2.45, 2.75) is 30.5 Å². The minimum Gasteiger partial charge on any atom is -0.341 e. The number of nitrogens with zero attached hydrogens (tertiary/aromatic N) is 3. The molecule has 0 aliphatic carbocycles. The first-order valence-electron chi connectivity index (χ1n) is 7.36. The molecule has 1 aromatic carbocycles. The molecule has 0 fully saturated rings. The van der Waals surface area contributed by atoms with Gasteiger partial charge in [-0.25, -0.2) is 15.0 Å². The van der Waals surface area contributed by atoms with E-state index in [0.717, 1.165) is 21.8 Å². The molecule has 0 bridgehead atoms. The Bertz CT molecular complexity index is 832. The molecule has 0 spiro atoms. The van der Waals surface area contributed by atoms with Crippen LogP contribution in [0.5, 0.6) is 0 Å². The number of hydrogen-bond donors (Lipinski definition) is 2. The number of anilines is 1. The smallest absolute Gasteiger partial charge is 0.237 e. The third-order valence-corrected chi connectivity index (χ3v) is 4.87. The average molecular weight is 327 g/mol. The van der Waals surface area contributed by atoms with E-state index in [0.29, 0.717) is 12.1 Å². The van der Waals surface area contributed by atoms with Crippen molar-refractivity contribution in [1.82, 2.24) is 19.9 Å². The average Bonchev–Trinajstić information content (AvgIpc) is 3.04. The number of carbonyl (C=O) groups excluding carboxylic acids is 1. The van der Waals surface area contributed by atoms with Crippen LogP contribution in [0.2, 0.25) is 0 Å². The van der Waals surface area contributed by atoms with Crippen molar-refractivity contribution in [3.8, 4) is 0 Å². The van der Waals surface area contributed by atoms with Crippen LogP contribution in [0.25, 0.3) is 11.2 Å². The van der Waals surface area contributed by atoms with Gasteiger partial charge in [0.05, 0.1) is 11.6 Å². The Balaban J connectivity index is 1.78. The molecule has 7 heteroatoms. The molecule has 0 saturated heterocycles. The van der Waals surface area contributed by atoms with E-state index >= 15 is 0 Å². The summed E-state index contributed by atoms with van der Waals surface area (Å²) in [7, 11) is 0. The van der Waals surface area contributed by atoms with Crippen molar-refractivity contribution < 1.29 is 4.79 Å². The second kappa shape index (κ2) is 6.78. The fourth-order valence-corrected chi connectivity index (χ4v) is 3.19. The van der Waals surface area contributed by atoms with E-state index < -0.39 is 0 Å². The summed E-state index contributed by atoms with van der Waals surface area (Å²) in [6, 6.07) is 7.74. The molecule has 0 radical (unpaired) electrons. The maximum atomic E-state index is 12.6. The molecule has 3 rings (SSSR count). The van der Waals surface area contributed by atoms with Crippen molar-refractivity contribution in [2.24, 2.45) is 0 Å². The molecule has 118 valence electrons. The monoisotopic (exact) mass is 327 g/mol. The van der Waals surface area contributed by atoms with Gasteiger partial charge in [-0.2, -0.15) is 0 Å². The standard InChI is InChI=1S/C16H17N5OS/c1-3-12(15(22)21-11-7-5-4-6-10(11)2)23-16-13-14(18-8-17-13)19-9-20-16/h4-9,12H,3H2,1-2H3,(H,21,22)(H,17,18,19,20)/t12-/m0/s1. The van der Waals surface area contributed by atoms with E-state index in [1.54, 1.807) is 6.33 Å². The summed E-state index contributed by atoms with van der Waals surface area (Å²) < 4.78 is 0. The Morgan fingerprint density at radius 1 is 1.30 bits per heavy atom. The lowest BCUT2D eigenvalue weighted by Gasteiger charge is -2.15. The van der Waals surface area contributed by atoms with Crippen LogP contribution >= 0.6 is 11.8 Å². The number of hydrogen-bond acceptors (Lipinski definition) is 5. The van der Waals surface area contributed by atoms with Crippen LogP contribution in [0.4, 0.5) is 5.69 Å². The Hall–Kier alpha value is -2.41. The van der Waals surface area contributed by atoms with Gasteiger partial charge in [0, 0.05) is 5.69 Å². The highest BCUT2D eigenvalue weighted by Gasteiger charge is 2.21. The van der Waals surface area contributed by atoms with Crippen molar-refractivity contribution >= 4 is 34.5 Å². The highest BCUT2D eigenvalue weighted by molar-refractivity contribution is 8.00. The van der Waals surface area contributed by atoms with Gasteiger partial charge in [-0.05, 0) is 25.0 Å². The molecule has 0 unspecified atom stereocenters. The normalized spacial score (nSPS) is 12.3. The molecule has 2 N–H and O–H groups in total. The zero-order valence-electron chi connectivity index (χ0n) is 12.9. The van der Waals surface area contributed by atoms with E-state index in [4.69, 9.17) is 0 Å². The number of benzene rings is 1. The number of imidazole rings is 1. The highest BCUT2D eigenvalue weighted by atomic mass is 32.2. The van der Waals surface area contributed by atoms with Crippen LogP contribution in [-0.4, -0.2) is 31.1 Å². The number of thioether (sulfide) groups is 1. The summed E-state index contributed by atoms with van der Waals surface area (Å²) in [6.07, 6.45) is 3.75. The highest BCUT2D eigenvalue weighted by Crippen LogP contribution is 2.28. The van der Waals surface area contributed by atoms with Gasteiger partial charge in [-0.3, -0.25) is 4.79 Å². The zero-order chi connectivity index (χ0) is 16.2. The van der Waals surface area contributed by atoms with Crippen LogP contribution in [0, 0.1) is 6.92 Å². The minimum absolute atomic E-state index is 0.0296. The first-order valence-corrected chi connectivity index (χ1v) is 8.24. The van der Waals surface area contributed by atoms with Gasteiger partial charge in [0.2, 0.25) is 5.91 Å². The van der Waals surface area contributed by atoms with Crippen molar-refractivity contribution in [3.63, 3.8) is 0 Å². The Morgan fingerprint density at radius 3 is 2.91 bits per heavy atom. The number of nitrogens with one attached hydrogen (secondary N) is 2. The van der Waals surface area contributed by atoms with Gasteiger partial charge >= 0.3 is 0 Å². The number of aromatic nitrogens is 4. The maximum absolute atomic E-state index is 12.6. The molecular formula is C16H17N5OS. The van der Waals surface area contributed by atoms with Gasteiger partial charge < -0.3 is 10.3 Å². The molecule has 2 heterocycles. The number of rotatable bonds is 5. The van der Waals surface area contributed by atoms with E-state index in [1.165, 1.54) is 18.1 Å². The first-order chi connectivity index (χ1) is 11.2. The lowest BCUT2D eigenvalue weighted by molar-refractivity contribution is -0.115. The molecule has 1 amide bonds. The number of fused-ring (bicyclic) bond motifs is 1.